The third kappa shape index (κ3) is 9.18. The van der Waals surface area contributed by atoms with Gasteiger partial charge in [-0.05, 0) is 5.92 Å². The summed E-state index contributed by atoms with van der Waals surface area (Å²) in [6, 6.07) is -1.24. The molecule has 3 N–H and O–H groups in total. The molecule has 0 bridgehead atoms. The maximum atomic E-state index is 11.6. The van der Waals surface area contributed by atoms with E-state index in [0.29, 0.717) is 6.54 Å². The van der Waals surface area contributed by atoms with Crippen LogP contribution in [0.4, 0.5) is 0 Å². The Kier molecular flexibility index (Phi) is 7.97. The first-order valence-corrected chi connectivity index (χ1v) is 7.32. The predicted molar refractivity (Wildman–Crippen MR) is 71.0 cm³/mol. The molecule has 0 saturated heterocycles. The zero-order valence-corrected chi connectivity index (χ0v) is 12.1. The lowest BCUT2D eigenvalue weighted by Gasteiger charge is -2.13. The molecule has 110 valence electrons. The van der Waals surface area contributed by atoms with Gasteiger partial charge in [0.15, 0.2) is 0 Å². The summed E-state index contributed by atoms with van der Waals surface area (Å²) in [4.78, 5) is 33.0. The molecule has 7 nitrogen and oxygen atoms in total. The molecule has 0 aromatic rings. The first kappa shape index (κ1) is 17.6. The summed E-state index contributed by atoms with van der Waals surface area (Å²) in [7, 11) is -1.64. The Hall–Kier alpha value is -1.44. The van der Waals surface area contributed by atoms with E-state index in [4.69, 9.17) is 5.11 Å². The molecule has 0 aliphatic rings. The Bertz CT molecular complexity index is 370. The lowest BCUT2D eigenvalue weighted by Crippen LogP contribution is -2.44. The van der Waals surface area contributed by atoms with Gasteiger partial charge in [0.2, 0.25) is 11.8 Å². The standard InChI is InChI=1S/C11H20N2O5S/c1-7(2)4-12-10(15)6-19(18)5-9(11(16)17)13-8(3)14/h7,9H,4-6H2,1-3H3,(H,12,15)(H,13,14)(H,16,17)/t9-,19?/m0/s1. The molecule has 0 rings (SSSR count). The summed E-state index contributed by atoms with van der Waals surface area (Å²) in [5, 5.41) is 13.6. The molecule has 2 atom stereocenters. The highest BCUT2D eigenvalue weighted by Crippen LogP contribution is 1.93. The molecule has 2 amide bonds. The van der Waals surface area contributed by atoms with Crippen LogP contribution >= 0.6 is 0 Å². The fourth-order valence-corrected chi connectivity index (χ4v) is 2.29. The van der Waals surface area contributed by atoms with Crippen molar-refractivity contribution in [2.24, 2.45) is 5.92 Å². The van der Waals surface area contributed by atoms with Crippen molar-refractivity contribution in [3.05, 3.63) is 0 Å². The molecule has 1 unspecified atom stereocenters. The van der Waals surface area contributed by atoms with Crippen molar-refractivity contribution in [1.29, 1.82) is 0 Å². The van der Waals surface area contributed by atoms with E-state index in [2.05, 4.69) is 10.6 Å². The topological polar surface area (TPSA) is 113 Å². The minimum atomic E-state index is -1.64. The van der Waals surface area contributed by atoms with E-state index in [1.165, 1.54) is 6.92 Å². The molecule has 8 heteroatoms. The second-order valence-corrected chi connectivity index (χ2v) is 6.04. The molecule has 0 fully saturated rings. The van der Waals surface area contributed by atoms with Gasteiger partial charge in [0.05, 0.1) is 5.75 Å². The molecule has 0 aliphatic heterocycles. The van der Waals surface area contributed by atoms with Crippen molar-refractivity contribution < 1.29 is 23.7 Å². The van der Waals surface area contributed by atoms with Gasteiger partial charge in [0, 0.05) is 24.3 Å². The third-order valence-corrected chi connectivity index (χ3v) is 3.32. The number of hydrogen-bond donors (Lipinski definition) is 3. The largest absolute Gasteiger partial charge is 0.480 e. The minimum absolute atomic E-state index is 0.268. The predicted octanol–water partition coefficient (Wildman–Crippen LogP) is -0.903. The Labute approximate surface area is 114 Å². The molecule has 19 heavy (non-hydrogen) atoms. The van der Waals surface area contributed by atoms with E-state index in [1.54, 1.807) is 0 Å². The summed E-state index contributed by atoms with van der Waals surface area (Å²) in [6.45, 7) is 5.50. The number of carboxylic acids is 1. The number of hydrogen-bond acceptors (Lipinski definition) is 4. The van der Waals surface area contributed by atoms with Gasteiger partial charge in [-0.1, -0.05) is 13.8 Å². The van der Waals surface area contributed by atoms with Crippen molar-refractivity contribution >= 4 is 28.6 Å². The van der Waals surface area contributed by atoms with Crippen LogP contribution in [0.25, 0.3) is 0 Å². The monoisotopic (exact) mass is 292 g/mol. The molecular weight excluding hydrogens is 272 g/mol. The smallest absolute Gasteiger partial charge is 0.327 e. The zero-order chi connectivity index (χ0) is 15.0. The summed E-state index contributed by atoms with van der Waals surface area (Å²) in [6.07, 6.45) is 0. The average molecular weight is 292 g/mol. The highest BCUT2D eigenvalue weighted by Gasteiger charge is 2.22. The molecule has 0 heterocycles. The normalized spacial score (nSPS) is 13.7. The second kappa shape index (κ2) is 8.63. The Morgan fingerprint density at radius 2 is 1.84 bits per heavy atom. The molecular formula is C11H20N2O5S. The number of amides is 2. The number of carbonyl (C=O) groups excluding carboxylic acids is 2. The van der Waals surface area contributed by atoms with Crippen molar-refractivity contribution in [3.8, 4) is 0 Å². The average Bonchev–Trinajstić information content (AvgIpc) is 2.24. The number of rotatable bonds is 8. The maximum absolute atomic E-state index is 11.6. The van der Waals surface area contributed by atoms with E-state index in [-0.39, 0.29) is 23.3 Å². The summed E-state index contributed by atoms with van der Waals surface area (Å²) >= 11 is 0. The third-order valence-electron chi connectivity index (χ3n) is 2.03. The minimum Gasteiger partial charge on any atom is -0.480 e. The van der Waals surface area contributed by atoms with Crippen LogP contribution in [0, 0.1) is 5.92 Å². The fraction of sp³-hybridized carbons (Fsp3) is 0.727. The second-order valence-electron chi connectivity index (χ2n) is 4.54. The lowest BCUT2D eigenvalue weighted by atomic mass is 10.2. The van der Waals surface area contributed by atoms with Gasteiger partial charge in [-0.2, -0.15) is 0 Å². The zero-order valence-electron chi connectivity index (χ0n) is 11.3. The van der Waals surface area contributed by atoms with E-state index in [9.17, 15) is 18.6 Å². The summed E-state index contributed by atoms with van der Waals surface area (Å²) in [5.74, 6) is -2.46. The Morgan fingerprint density at radius 1 is 1.26 bits per heavy atom. The van der Waals surface area contributed by atoms with Crippen LogP contribution in [0.1, 0.15) is 20.8 Å². The van der Waals surface area contributed by atoms with Crippen LogP contribution < -0.4 is 10.6 Å². The molecule has 0 aromatic heterocycles. The molecule has 0 aliphatic carbocycles. The van der Waals surface area contributed by atoms with Gasteiger partial charge in [0.1, 0.15) is 11.8 Å². The highest BCUT2D eigenvalue weighted by molar-refractivity contribution is 7.85. The van der Waals surface area contributed by atoms with Crippen molar-refractivity contribution in [3.63, 3.8) is 0 Å². The quantitative estimate of drug-likeness (QED) is 0.536. The van der Waals surface area contributed by atoms with E-state index < -0.39 is 28.7 Å². The molecule has 0 spiro atoms. The fourth-order valence-electron chi connectivity index (χ4n) is 1.18. The van der Waals surface area contributed by atoms with Crippen LogP contribution in [0.2, 0.25) is 0 Å². The van der Waals surface area contributed by atoms with E-state index in [1.807, 2.05) is 13.8 Å². The van der Waals surface area contributed by atoms with Gasteiger partial charge < -0.3 is 15.7 Å². The van der Waals surface area contributed by atoms with Gasteiger partial charge in [-0.15, -0.1) is 0 Å². The molecule has 0 saturated carbocycles. The number of nitrogens with one attached hydrogen (secondary N) is 2. The maximum Gasteiger partial charge on any atom is 0.327 e. The van der Waals surface area contributed by atoms with Crippen LogP contribution in [0.15, 0.2) is 0 Å². The van der Waals surface area contributed by atoms with Crippen molar-refractivity contribution in [1.82, 2.24) is 10.6 Å². The van der Waals surface area contributed by atoms with Gasteiger partial charge in [-0.25, -0.2) is 4.79 Å². The molecule has 0 aromatic carbocycles. The SMILES string of the molecule is CC(=O)N[C@@H](CS(=O)CC(=O)NCC(C)C)C(=O)O. The first-order valence-electron chi connectivity index (χ1n) is 5.84. The number of carboxylic acid groups (broad SMARTS) is 1. The summed E-state index contributed by atoms with van der Waals surface area (Å²) in [5.41, 5.74) is 0. The van der Waals surface area contributed by atoms with Crippen LogP contribution in [0.3, 0.4) is 0 Å². The van der Waals surface area contributed by atoms with Crippen LogP contribution in [-0.4, -0.2) is 51.2 Å². The number of carbonyl (C=O) groups is 3. The Morgan fingerprint density at radius 3 is 2.26 bits per heavy atom. The Balaban J connectivity index is 4.23. The van der Waals surface area contributed by atoms with Crippen LogP contribution in [0.5, 0.6) is 0 Å². The summed E-state index contributed by atoms with van der Waals surface area (Å²) < 4.78 is 11.6. The van der Waals surface area contributed by atoms with Gasteiger partial charge in [0.25, 0.3) is 0 Å². The highest BCUT2D eigenvalue weighted by atomic mass is 32.2. The van der Waals surface area contributed by atoms with E-state index in [0.717, 1.165) is 0 Å². The lowest BCUT2D eigenvalue weighted by molar-refractivity contribution is -0.140. The van der Waals surface area contributed by atoms with Crippen molar-refractivity contribution in [2.45, 2.75) is 26.8 Å². The van der Waals surface area contributed by atoms with Crippen molar-refractivity contribution in [2.75, 3.05) is 18.1 Å². The first-order chi connectivity index (χ1) is 8.72. The van der Waals surface area contributed by atoms with Gasteiger partial charge >= 0.3 is 5.97 Å². The molecule has 0 radical (unpaired) electrons. The number of aliphatic carboxylic acids is 1. The van der Waals surface area contributed by atoms with E-state index >= 15 is 0 Å². The van der Waals surface area contributed by atoms with Crippen LogP contribution in [-0.2, 0) is 25.2 Å². The van der Waals surface area contributed by atoms with Gasteiger partial charge in [-0.3, -0.25) is 13.8 Å².